The van der Waals surface area contributed by atoms with Gasteiger partial charge in [-0.3, -0.25) is 10.1 Å². The van der Waals surface area contributed by atoms with Crippen molar-refractivity contribution in [2.75, 3.05) is 6.61 Å². The van der Waals surface area contributed by atoms with E-state index < -0.39 is 10.7 Å². The van der Waals surface area contributed by atoms with E-state index in [9.17, 15) is 14.5 Å². The lowest BCUT2D eigenvalue weighted by atomic mass is 10.2. The molecule has 1 unspecified atom stereocenters. The van der Waals surface area contributed by atoms with Crippen LogP contribution >= 0.6 is 11.8 Å². The van der Waals surface area contributed by atoms with Crippen LogP contribution in [0, 0.1) is 15.9 Å². The van der Waals surface area contributed by atoms with Gasteiger partial charge in [0, 0.05) is 22.6 Å². The summed E-state index contributed by atoms with van der Waals surface area (Å²) in [6.45, 7) is 1.80. The van der Waals surface area contributed by atoms with Gasteiger partial charge in [0.1, 0.15) is 5.82 Å². The highest BCUT2D eigenvalue weighted by Gasteiger charge is 2.15. The van der Waals surface area contributed by atoms with E-state index in [2.05, 4.69) is 0 Å². The van der Waals surface area contributed by atoms with Crippen LogP contribution < -0.4 is 0 Å². The van der Waals surface area contributed by atoms with Crippen molar-refractivity contribution in [3.05, 3.63) is 39.7 Å². The molecule has 0 spiro atoms. The predicted molar refractivity (Wildman–Crippen MR) is 60.9 cm³/mol. The van der Waals surface area contributed by atoms with Crippen LogP contribution in [-0.4, -0.2) is 21.9 Å². The molecule has 0 heterocycles. The van der Waals surface area contributed by atoms with Gasteiger partial charge in [0.15, 0.2) is 0 Å². The second-order valence-corrected chi connectivity index (χ2v) is 4.76. The summed E-state index contributed by atoms with van der Waals surface area (Å²) in [6, 6.07) is 3.39. The van der Waals surface area contributed by atoms with Gasteiger partial charge in [-0.25, -0.2) is 4.39 Å². The maximum atomic E-state index is 12.9. The average molecular weight is 245 g/mol. The summed E-state index contributed by atoms with van der Waals surface area (Å²) in [5, 5.41) is 19.5. The van der Waals surface area contributed by atoms with Crippen LogP contribution in [0.5, 0.6) is 0 Å². The molecule has 1 aromatic carbocycles. The molecule has 0 saturated carbocycles. The van der Waals surface area contributed by atoms with Gasteiger partial charge >= 0.3 is 0 Å². The zero-order valence-corrected chi connectivity index (χ0v) is 9.54. The van der Waals surface area contributed by atoms with Crippen LogP contribution in [-0.2, 0) is 5.75 Å². The first-order valence-electron chi connectivity index (χ1n) is 4.70. The molecule has 0 amide bonds. The van der Waals surface area contributed by atoms with Crippen molar-refractivity contribution in [1.29, 1.82) is 0 Å². The Balaban J connectivity index is 2.84. The number of hydrogen-bond acceptors (Lipinski definition) is 4. The highest BCUT2D eigenvalue weighted by Crippen LogP contribution is 2.25. The fourth-order valence-electron chi connectivity index (χ4n) is 1.13. The number of aliphatic hydroxyl groups excluding tert-OH is 1. The summed E-state index contributed by atoms with van der Waals surface area (Å²) in [5.74, 6) is -0.173. The fraction of sp³-hybridized carbons (Fsp3) is 0.400. The molecule has 0 bridgehead atoms. The second-order valence-electron chi connectivity index (χ2n) is 3.33. The molecule has 0 fully saturated rings. The van der Waals surface area contributed by atoms with Gasteiger partial charge in [-0.05, 0) is 12.1 Å². The monoisotopic (exact) mass is 245 g/mol. The van der Waals surface area contributed by atoms with Crippen LogP contribution in [0.3, 0.4) is 0 Å². The minimum Gasteiger partial charge on any atom is -0.395 e. The summed E-state index contributed by atoms with van der Waals surface area (Å²) >= 11 is 1.35. The molecule has 4 nitrogen and oxygen atoms in total. The summed E-state index contributed by atoms with van der Waals surface area (Å²) < 4.78 is 12.9. The molecule has 0 aliphatic rings. The minimum atomic E-state index is -0.529. The Labute approximate surface area is 96.6 Å². The Kier molecular flexibility index (Phi) is 4.70. The van der Waals surface area contributed by atoms with E-state index in [1.54, 1.807) is 6.92 Å². The molecule has 1 aromatic rings. The van der Waals surface area contributed by atoms with E-state index in [-0.39, 0.29) is 17.5 Å². The Morgan fingerprint density at radius 3 is 2.88 bits per heavy atom. The number of thioether (sulfide) groups is 1. The highest BCUT2D eigenvalue weighted by atomic mass is 32.2. The quantitative estimate of drug-likeness (QED) is 0.639. The van der Waals surface area contributed by atoms with E-state index >= 15 is 0 Å². The Bertz CT molecular complexity index is 386. The molecule has 0 saturated heterocycles. The third kappa shape index (κ3) is 3.46. The predicted octanol–water partition coefficient (Wildman–Crippen LogP) is 2.35. The normalized spacial score (nSPS) is 12.4. The van der Waals surface area contributed by atoms with E-state index in [0.717, 1.165) is 18.2 Å². The number of halogens is 1. The van der Waals surface area contributed by atoms with E-state index in [4.69, 9.17) is 5.11 Å². The maximum Gasteiger partial charge on any atom is 0.273 e. The van der Waals surface area contributed by atoms with Crippen molar-refractivity contribution < 1.29 is 14.4 Å². The molecule has 0 radical (unpaired) electrons. The Hall–Kier alpha value is -1.14. The summed E-state index contributed by atoms with van der Waals surface area (Å²) in [6.07, 6.45) is 0. The number of rotatable bonds is 5. The number of nitrogens with zero attached hydrogens (tertiary/aromatic N) is 1. The van der Waals surface area contributed by atoms with E-state index in [1.165, 1.54) is 11.8 Å². The third-order valence-electron chi connectivity index (χ3n) is 2.02. The first-order valence-corrected chi connectivity index (χ1v) is 5.74. The lowest BCUT2D eigenvalue weighted by molar-refractivity contribution is -0.385. The molecule has 1 rings (SSSR count). The standard InChI is InChI=1S/C10H12FNO3S/c1-7(5-13)16-6-8-4-9(11)2-3-10(8)12(14)15/h2-4,7,13H,5-6H2,1H3. The lowest BCUT2D eigenvalue weighted by Crippen LogP contribution is -2.03. The SMILES string of the molecule is CC(CO)SCc1cc(F)ccc1[N+](=O)[O-]. The summed E-state index contributed by atoms with van der Waals surface area (Å²) in [5.41, 5.74) is 0.259. The zero-order chi connectivity index (χ0) is 12.1. The summed E-state index contributed by atoms with van der Waals surface area (Å²) in [7, 11) is 0. The van der Waals surface area contributed by atoms with Crippen LogP contribution in [0.1, 0.15) is 12.5 Å². The molecule has 6 heteroatoms. The van der Waals surface area contributed by atoms with Gasteiger partial charge in [-0.2, -0.15) is 11.8 Å². The fourth-order valence-corrected chi connectivity index (χ4v) is 1.93. The highest BCUT2D eigenvalue weighted by molar-refractivity contribution is 7.99. The van der Waals surface area contributed by atoms with Gasteiger partial charge in [-0.15, -0.1) is 0 Å². The minimum absolute atomic E-state index is 0.00617. The zero-order valence-electron chi connectivity index (χ0n) is 8.72. The van der Waals surface area contributed by atoms with Crippen LogP contribution in [0.25, 0.3) is 0 Å². The summed E-state index contributed by atoms with van der Waals surface area (Å²) in [4.78, 5) is 10.1. The Morgan fingerprint density at radius 2 is 2.31 bits per heavy atom. The molecule has 1 N–H and O–H groups in total. The van der Waals surface area contributed by atoms with Crippen LogP contribution in [0.2, 0.25) is 0 Å². The van der Waals surface area contributed by atoms with Crippen molar-refractivity contribution in [3.63, 3.8) is 0 Å². The maximum absolute atomic E-state index is 12.9. The largest absolute Gasteiger partial charge is 0.395 e. The smallest absolute Gasteiger partial charge is 0.273 e. The van der Waals surface area contributed by atoms with Crippen molar-refractivity contribution in [3.8, 4) is 0 Å². The molecule has 0 aliphatic heterocycles. The average Bonchev–Trinajstić information content (AvgIpc) is 2.25. The van der Waals surface area contributed by atoms with Gasteiger partial charge in [-0.1, -0.05) is 6.92 Å². The molecular formula is C10H12FNO3S. The van der Waals surface area contributed by atoms with Crippen molar-refractivity contribution in [1.82, 2.24) is 0 Å². The van der Waals surface area contributed by atoms with Crippen LogP contribution in [0.4, 0.5) is 10.1 Å². The number of aliphatic hydroxyl groups is 1. The van der Waals surface area contributed by atoms with E-state index in [0.29, 0.717) is 11.3 Å². The second kappa shape index (κ2) is 5.81. The molecule has 1 atom stereocenters. The number of hydrogen-bond donors (Lipinski definition) is 1. The Morgan fingerprint density at radius 1 is 1.62 bits per heavy atom. The molecule has 88 valence electrons. The van der Waals surface area contributed by atoms with E-state index in [1.807, 2.05) is 0 Å². The topological polar surface area (TPSA) is 63.4 Å². The lowest BCUT2D eigenvalue weighted by Gasteiger charge is -2.07. The van der Waals surface area contributed by atoms with Crippen molar-refractivity contribution in [2.24, 2.45) is 0 Å². The molecule has 0 aliphatic carbocycles. The first-order chi connectivity index (χ1) is 7.54. The third-order valence-corrected chi connectivity index (χ3v) is 3.21. The molecule has 0 aromatic heterocycles. The number of nitro benzene ring substituents is 1. The van der Waals surface area contributed by atoms with Crippen LogP contribution in [0.15, 0.2) is 18.2 Å². The van der Waals surface area contributed by atoms with Crippen molar-refractivity contribution >= 4 is 17.4 Å². The van der Waals surface area contributed by atoms with Gasteiger partial charge in [0.05, 0.1) is 11.5 Å². The van der Waals surface area contributed by atoms with Gasteiger partial charge in [0.2, 0.25) is 0 Å². The van der Waals surface area contributed by atoms with Gasteiger partial charge < -0.3 is 5.11 Å². The number of nitro groups is 1. The molecule has 16 heavy (non-hydrogen) atoms. The van der Waals surface area contributed by atoms with Gasteiger partial charge in [0.25, 0.3) is 5.69 Å². The van der Waals surface area contributed by atoms with Crippen molar-refractivity contribution in [2.45, 2.75) is 17.9 Å². The molecular weight excluding hydrogens is 233 g/mol. The first kappa shape index (κ1) is 12.9. The number of benzene rings is 1.